The van der Waals surface area contributed by atoms with Crippen LogP contribution in [-0.2, 0) is 9.53 Å². The van der Waals surface area contributed by atoms with Gasteiger partial charge >= 0.3 is 121 Å². The molecule has 1 aliphatic carbocycles. The molecule has 2 aliphatic rings. The van der Waals surface area contributed by atoms with Gasteiger partial charge in [0.05, 0.1) is 0 Å². The molecule has 2 fully saturated rings. The van der Waals surface area contributed by atoms with Crippen LogP contribution in [0.2, 0.25) is 4.31 Å². The molecule has 102 valence electrons. The third kappa shape index (κ3) is 2.34. The molecule has 1 saturated heterocycles. The second-order valence-corrected chi connectivity index (χ2v) is 9.19. The van der Waals surface area contributed by atoms with E-state index < -0.39 is 0 Å². The standard InChI is InChI=1S/C16H20O2Se/c1-11-8-9-13-14(10-11)18-15(17)16(13,2)19-12-6-4-3-5-7-12/h3-7,11,13-14H,8-10H2,1-2H3/t11-,13+,14-,16-/m1/s1. The van der Waals surface area contributed by atoms with Crippen molar-refractivity contribution in [3.8, 4) is 0 Å². The number of hydrogen-bond donors (Lipinski definition) is 0. The zero-order chi connectivity index (χ0) is 13.5. The fourth-order valence-electron chi connectivity index (χ4n) is 3.35. The normalized spacial score (nSPS) is 37.8. The summed E-state index contributed by atoms with van der Waals surface area (Å²) >= 11 is 0.158. The second-order valence-electron chi connectivity index (χ2n) is 5.99. The molecule has 0 aromatic heterocycles. The maximum atomic E-state index is 12.4. The van der Waals surface area contributed by atoms with Crippen LogP contribution in [0.25, 0.3) is 0 Å². The fourth-order valence-corrected chi connectivity index (χ4v) is 6.15. The van der Waals surface area contributed by atoms with Gasteiger partial charge in [0, 0.05) is 0 Å². The predicted molar refractivity (Wildman–Crippen MR) is 76.6 cm³/mol. The molecule has 2 nitrogen and oxygen atoms in total. The molecule has 0 N–H and O–H groups in total. The number of carbonyl (C=O) groups excluding carboxylic acids is 1. The van der Waals surface area contributed by atoms with E-state index in [9.17, 15) is 4.79 Å². The van der Waals surface area contributed by atoms with E-state index in [-0.39, 0.29) is 31.3 Å². The fraction of sp³-hybridized carbons (Fsp3) is 0.562. The van der Waals surface area contributed by atoms with Crippen molar-refractivity contribution in [3.05, 3.63) is 30.3 Å². The Labute approximate surface area is 121 Å². The molecular weight excluding hydrogens is 303 g/mol. The van der Waals surface area contributed by atoms with Gasteiger partial charge in [-0.05, 0) is 0 Å². The van der Waals surface area contributed by atoms with Gasteiger partial charge in [0.1, 0.15) is 0 Å². The molecule has 0 unspecified atom stereocenters. The minimum absolute atomic E-state index is 0.0421. The number of fused-ring (bicyclic) bond motifs is 1. The SMILES string of the molecule is C[C@@H]1CC[C@H]2[C@@H](C1)OC(=O)[C@]2(C)[Se]c1ccccc1. The molecule has 1 aromatic carbocycles. The molecule has 0 radical (unpaired) electrons. The van der Waals surface area contributed by atoms with E-state index in [1.54, 1.807) is 0 Å². The van der Waals surface area contributed by atoms with Gasteiger partial charge in [-0.1, -0.05) is 0 Å². The van der Waals surface area contributed by atoms with Crippen molar-refractivity contribution < 1.29 is 9.53 Å². The van der Waals surface area contributed by atoms with E-state index in [1.807, 2.05) is 6.07 Å². The summed E-state index contributed by atoms with van der Waals surface area (Å²) in [5.74, 6) is 1.16. The van der Waals surface area contributed by atoms with Crippen LogP contribution in [-0.4, -0.2) is 27.0 Å². The van der Waals surface area contributed by atoms with Gasteiger partial charge < -0.3 is 0 Å². The van der Waals surface area contributed by atoms with E-state index >= 15 is 0 Å². The molecule has 0 amide bonds. The van der Waals surface area contributed by atoms with Gasteiger partial charge in [-0.15, -0.1) is 0 Å². The summed E-state index contributed by atoms with van der Waals surface area (Å²) in [6, 6.07) is 10.4. The average molecular weight is 323 g/mol. The molecule has 0 bridgehead atoms. The van der Waals surface area contributed by atoms with E-state index in [1.165, 1.54) is 10.9 Å². The van der Waals surface area contributed by atoms with Gasteiger partial charge in [-0.25, -0.2) is 0 Å². The number of ether oxygens (including phenoxy) is 1. The van der Waals surface area contributed by atoms with Crippen molar-refractivity contribution in [2.24, 2.45) is 11.8 Å². The molecule has 3 rings (SSSR count). The Morgan fingerprint density at radius 2 is 2.00 bits per heavy atom. The Bertz CT molecular complexity index is 473. The molecule has 1 heterocycles. The molecule has 1 aliphatic heterocycles. The number of esters is 1. The summed E-state index contributed by atoms with van der Waals surface area (Å²) in [5, 5.41) is 0. The van der Waals surface area contributed by atoms with E-state index in [2.05, 4.69) is 38.1 Å². The van der Waals surface area contributed by atoms with Crippen molar-refractivity contribution >= 4 is 25.4 Å². The topological polar surface area (TPSA) is 26.3 Å². The van der Waals surface area contributed by atoms with Crippen LogP contribution in [0.5, 0.6) is 0 Å². The van der Waals surface area contributed by atoms with Crippen LogP contribution in [0.4, 0.5) is 0 Å². The van der Waals surface area contributed by atoms with Gasteiger partial charge in [0.2, 0.25) is 0 Å². The van der Waals surface area contributed by atoms with Crippen LogP contribution in [0.15, 0.2) is 30.3 Å². The van der Waals surface area contributed by atoms with Crippen molar-refractivity contribution in [1.29, 1.82) is 0 Å². The summed E-state index contributed by atoms with van der Waals surface area (Å²) in [6.07, 6.45) is 3.60. The van der Waals surface area contributed by atoms with Gasteiger partial charge in [-0.3, -0.25) is 0 Å². The first-order chi connectivity index (χ1) is 9.09. The van der Waals surface area contributed by atoms with Crippen LogP contribution >= 0.6 is 0 Å². The number of hydrogen-bond acceptors (Lipinski definition) is 2. The van der Waals surface area contributed by atoms with Gasteiger partial charge in [0.25, 0.3) is 0 Å². The minimum atomic E-state index is -0.265. The Morgan fingerprint density at radius 3 is 2.74 bits per heavy atom. The monoisotopic (exact) mass is 324 g/mol. The van der Waals surface area contributed by atoms with Crippen molar-refractivity contribution in [2.75, 3.05) is 0 Å². The van der Waals surface area contributed by atoms with Crippen molar-refractivity contribution in [3.63, 3.8) is 0 Å². The third-order valence-electron chi connectivity index (χ3n) is 4.50. The molecule has 1 saturated carbocycles. The Morgan fingerprint density at radius 1 is 1.26 bits per heavy atom. The summed E-state index contributed by atoms with van der Waals surface area (Å²) in [7, 11) is 0. The quantitative estimate of drug-likeness (QED) is 0.618. The Balaban J connectivity index is 1.84. The van der Waals surface area contributed by atoms with Gasteiger partial charge in [0.15, 0.2) is 0 Å². The molecular formula is C16H20O2Se. The zero-order valence-corrected chi connectivity index (χ0v) is 13.2. The van der Waals surface area contributed by atoms with Crippen molar-refractivity contribution in [1.82, 2.24) is 0 Å². The van der Waals surface area contributed by atoms with Crippen LogP contribution in [0.3, 0.4) is 0 Å². The van der Waals surface area contributed by atoms with Crippen LogP contribution < -0.4 is 4.46 Å². The predicted octanol–water partition coefficient (Wildman–Crippen LogP) is 2.56. The van der Waals surface area contributed by atoms with E-state index in [4.69, 9.17) is 4.74 Å². The summed E-state index contributed by atoms with van der Waals surface area (Å²) in [5.41, 5.74) is 0. The van der Waals surface area contributed by atoms with E-state index in [0.717, 1.165) is 12.8 Å². The number of benzene rings is 1. The molecule has 0 spiro atoms. The zero-order valence-electron chi connectivity index (χ0n) is 11.5. The molecule has 4 atom stereocenters. The molecule has 1 aromatic rings. The van der Waals surface area contributed by atoms with Crippen LogP contribution in [0.1, 0.15) is 33.1 Å². The van der Waals surface area contributed by atoms with Crippen LogP contribution in [0, 0.1) is 11.8 Å². The molecule has 19 heavy (non-hydrogen) atoms. The first-order valence-corrected chi connectivity index (χ1v) is 8.76. The first-order valence-electron chi connectivity index (χ1n) is 7.05. The summed E-state index contributed by atoms with van der Waals surface area (Å²) in [4.78, 5) is 12.4. The Kier molecular flexibility index (Phi) is 3.44. The third-order valence-corrected chi connectivity index (χ3v) is 7.44. The van der Waals surface area contributed by atoms with Gasteiger partial charge in [-0.2, -0.15) is 0 Å². The summed E-state index contributed by atoms with van der Waals surface area (Å²) in [6.45, 7) is 4.39. The molecule has 3 heteroatoms. The first kappa shape index (κ1) is 13.2. The summed E-state index contributed by atoms with van der Waals surface area (Å²) < 4.78 is 6.74. The number of carbonyl (C=O) groups is 1. The maximum absolute atomic E-state index is 12.4. The number of rotatable bonds is 2. The Hall–Kier alpha value is -0.791. The average Bonchev–Trinajstić information content (AvgIpc) is 2.62. The van der Waals surface area contributed by atoms with E-state index in [0.29, 0.717) is 11.8 Å². The second kappa shape index (κ2) is 4.95. The van der Waals surface area contributed by atoms with Crippen molar-refractivity contribution in [2.45, 2.75) is 43.5 Å².